The maximum absolute atomic E-state index is 6.43. The molecular formula is C36H64B2O6. The molecule has 2 aliphatic heterocycles. The molecule has 0 radical (unpaired) electrons. The molecule has 250 valence electrons. The fourth-order valence-corrected chi connectivity index (χ4v) is 6.09. The largest absolute Gasteiger partial charge is 0.497 e. The van der Waals surface area contributed by atoms with Crippen molar-refractivity contribution in [3.63, 3.8) is 0 Å². The van der Waals surface area contributed by atoms with Crippen molar-refractivity contribution < 1.29 is 28.1 Å². The summed E-state index contributed by atoms with van der Waals surface area (Å²) in [7, 11) is -0.873. The third kappa shape index (κ3) is 15.4. The highest BCUT2D eigenvalue weighted by Gasteiger charge is 2.34. The molecule has 3 rings (SSSR count). The highest BCUT2D eigenvalue weighted by Crippen LogP contribution is 2.21. The summed E-state index contributed by atoms with van der Waals surface area (Å²) in [6.45, 7) is 8.67. The Hall–Kier alpha value is -1.21. The summed E-state index contributed by atoms with van der Waals surface area (Å²) in [5.41, 5.74) is 1.82. The zero-order valence-electron chi connectivity index (χ0n) is 28.6. The Bertz CT molecular complexity index is 761. The van der Waals surface area contributed by atoms with Crippen LogP contribution in [0.1, 0.15) is 155 Å². The van der Waals surface area contributed by atoms with Crippen LogP contribution in [0.25, 0.3) is 0 Å². The summed E-state index contributed by atoms with van der Waals surface area (Å²) in [5, 5.41) is 0. The van der Waals surface area contributed by atoms with Crippen LogP contribution in [0.15, 0.2) is 12.1 Å². The van der Waals surface area contributed by atoms with Crippen LogP contribution in [0.3, 0.4) is 0 Å². The van der Waals surface area contributed by atoms with Crippen molar-refractivity contribution in [2.75, 3.05) is 39.6 Å². The molecule has 2 fully saturated rings. The molecule has 44 heavy (non-hydrogen) atoms. The van der Waals surface area contributed by atoms with Crippen LogP contribution in [0.4, 0.5) is 0 Å². The third-order valence-electron chi connectivity index (χ3n) is 8.82. The quantitative estimate of drug-likeness (QED) is 0.0770. The first kappa shape index (κ1) is 37.2. The summed E-state index contributed by atoms with van der Waals surface area (Å²) >= 11 is 0. The van der Waals surface area contributed by atoms with Gasteiger partial charge in [0.2, 0.25) is 0 Å². The smallest absolute Gasteiger partial charge is 0.494 e. The molecule has 2 heterocycles. The van der Waals surface area contributed by atoms with Gasteiger partial charge in [-0.2, -0.15) is 0 Å². The molecule has 0 saturated carbocycles. The summed E-state index contributed by atoms with van der Waals surface area (Å²) in [5.74, 6) is 1.60. The molecule has 0 spiro atoms. The predicted molar refractivity (Wildman–Crippen MR) is 185 cm³/mol. The van der Waals surface area contributed by atoms with Crippen LogP contribution in [0, 0.1) is 0 Å². The van der Waals surface area contributed by atoms with E-state index in [1.807, 2.05) is 0 Å². The number of unbranched alkanes of at least 4 members (excludes halogenated alkanes) is 18. The Balaban J connectivity index is 1.52. The summed E-state index contributed by atoms with van der Waals surface area (Å²) in [4.78, 5) is 0. The van der Waals surface area contributed by atoms with Crippen LogP contribution in [0.5, 0.6) is 11.5 Å². The zero-order chi connectivity index (χ0) is 30.9. The van der Waals surface area contributed by atoms with E-state index in [9.17, 15) is 0 Å². The van der Waals surface area contributed by atoms with Crippen LogP contribution in [-0.2, 0) is 18.6 Å². The van der Waals surface area contributed by atoms with E-state index in [4.69, 9.17) is 28.1 Å². The van der Waals surface area contributed by atoms with Gasteiger partial charge in [-0.25, -0.2) is 0 Å². The molecule has 0 amide bonds. The van der Waals surface area contributed by atoms with Gasteiger partial charge in [-0.1, -0.05) is 129 Å². The van der Waals surface area contributed by atoms with Gasteiger partial charge in [0.15, 0.2) is 0 Å². The third-order valence-corrected chi connectivity index (χ3v) is 8.82. The van der Waals surface area contributed by atoms with Crippen LogP contribution in [-0.4, -0.2) is 53.9 Å². The molecule has 2 aliphatic rings. The fraction of sp³-hybridized carbons (Fsp3) is 0.833. The second kappa shape index (κ2) is 25.0. The standard InChI is InChI=1S/C36H64B2O6/c1-3-5-7-9-11-13-15-17-19-21-25-39-35-31-34(38-43-29-24-30-44-38)36(32-33(35)37-41-27-23-28-42-37)40-26-22-20-18-16-14-12-10-8-6-4-2/h31-32H,3-30H2,1-2H3. The normalized spacial score (nSPS) is 15.6. The fourth-order valence-electron chi connectivity index (χ4n) is 6.09. The van der Waals surface area contributed by atoms with Gasteiger partial charge < -0.3 is 28.1 Å². The first-order valence-corrected chi connectivity index (χ1v) is 18.7. The van der Waals surface area contributed by atoms with Crippen molar-refractivity contribution in [1.29, 1.82) is 0 Å². The van der Waals surface area contributed by atoms with Crippen molar-refractivity contribution in [2.24, 2.45) is 0 Å². The number of hydrogen-bond acceptors (Lipinski definition) is 6. The van der Waals surface area contributed by atoms with Gasteiger partial charge in [-0.05, 0) is 37.8 Å². The first-order chi connectivity index (χ1) is 21.8. The molecule has 0 N–H and O–H groups in total. The highest BCUT2D eigenvalue weighted by molar-refractivity contribution is 6.65. The number of ether oxygens (including phenoxy) is 2. The Kier molecular flexibility index (Phi) is 21.1. The average molecular weight is 615 g/mol. The second-order valence-electron chi connectivity index (χ2n) is 12.8. The van der Waals surface area contributed by atoms with E-state index in [1.165, 1.54) is 116 Å². The first-order valence-electron chi connectivity index (χ1n) is 18.7. The van der Waals surface area contributed by atoms with Gasteiger partial charge in [-0.15, -0.1) is 0 Å². The lowest BCUT2D eigenvalue weighted by atomic mass is 9.71. The van der Waals surface area contributed by atoms with Gasteiger partial charge in [-0.3, -0.25) is 0 Å². The van der Waals surface area contributed by atoms with E-state index in [-0.39, 0.29) is 0 Å². The van der Waals surface area contributed by atoms with Crippen LogP contribution < -0.4 is 20.4 Å². The van der Waals surface area contributed by atoms with Gasteiger partial charge >= 0.3 is 14.2 Å². The van der Waals surface area contributed by atoms with Crippen molar-refractivity contribution in [3.8, 4) is 11.5 Å². The summed E-state index contributed by atoms with van der Waals surface area (Å²) in [6.07, 6.45) is 27.9. The van der Waals surface area contributed by atoms with Crippen molar-refractivity contribution in [3.05, 3.63) is 12.1 Å². The van der Waals surface area contributed by atoms with Crippen molar-refractivity contribution >= 4 is 25.2 Å². The van der Waals surface area contributed by atoms with E-state index < -0.39 is 14.2 Å². The van der Waals surface area contributed by atoms with Gasteiger partial charge in [0.1, 0.15) is 11.5 Å². The average Bonchev–Trinajstić information content (AvgIpc) is 3.07. The molecule has 0 atom stereocenters. The molecule has 6 nitrogen and oxygen atoms in total. The topological polar surface area (TPSA) is 55.4 Å². The minimum atomic E-state index is -0.437. The van der Waals surface area contributed by atoms with E-state index in [1.54, 1.807) is 0 Å². The highest BCUT2D eigenvalue weighted by atomic mass is 16.6. The number of rotatable bonds is 26. The van der Waals surface area contributed by atoms with Gasteiger partial charge in [0.25, 0.3) is 0 Å². The molecular weight excluding hydrogens is 550 g/mol. The number of hydrogen-bond donors (Lipinski definition) is 0. The van der Waals surface area contributed by atoms with Crippen LogP contribution in [0.2, 0.25) is 0 Å². The van der Waals surface area contributed by atoms with Crippen molar-refractivity contribution in [1.82, 2.24) is 0 Å². The minimum absolute atomic E-state index is 0.437. The molecule has 0 unspecified atom stereocenters. The van der Waals surface area contributed by atoms with Gasteiger partial charge in [0.05, 0.1) is 13.2 Å². The lowest BCUT2D eigenvalue weighted by Crippen LogP contribution is -2.45. The lowest BCUT2D eigenvalue weighted by Gasteiger charge is -2.26. The Morgan fingerprint density at radius 2 is 0.750 bits per heavy atom. The zero-order valence-corrected chi connectivity index (χ0v) is 28.6. The Morgan fingerprint density at radius 1 is 0.455 bits per heavy atom. The van der Waals surface area contributed by atoms with E-state index in [0.717, 1.165) is 48.1 Å². The van der Waals surface area contributed by atoms with E-state index in [0.29, 0.717) is 39.6 Å². The van der Waals surface area contributed by atoms with Crippen molar-refractivity contribution in [2.45, 2.75) is 155 Å². The molecule has 2 saturated heterocycles. The van der Waals surface area contributed by atoms with E-state index >= 15 is 0 Å². The van der Waals surface area contributed by atoms with Gasteiger partial charge in [0, 0.05) is 37.4 Å². The molecule has 0 aromatic heterocycles. The SMILES string of the molecule is CCCCCCCCCCCCOc1cc(B2OCCCO2)c(OCCCCCCCCCCCC)cc1B1OCCCO1. The van der Waals surface area contributed by atoms with E-state index in [2.05, 4.69) is 26.0 Å². The molecule has 1 aromatic rings. The number of benzene rings is 1. The molecule has 1 aromatic carbocycles. The second-order valence-corrected chi connectivity index (χ2v) is 12.8. The molecule has 0 bridgehead atoms. The lowest BCUT2D eigenvalue weighted by molar-refractivity contribution is 0.141. The maximum Gasteiger partial charge on any atom is 0.497 e. The maximum atomic E-state index is 6.43. The molecule has 8 heteroatoms. The Morgan fingerprint density at radius 3 is 1.07 bits per heavy atom. The Labute approximate surface area is 271 Å². The molecule has 0 aliphatic carbocycles. The monoisotopic (exact) mass is 614 g/mol. The summed E-state index contributed by atoms with van der Waals surface area (Å²) < 4.78 is 37.0. The minimum Gasteiger partial charge on any atom is -0.494 e. The van der Waals surface area contributed by atoms with Crippen LogP contribution >= 0.6 is 0 Å². The summed E-state index contributed by atoms with van der Waals surface area (Å²) in [6, 6.07) is 4.13. The predicted octanol–water partition coefficient (Wildman–Crippen LogP) is 8.55.